The lowest BCUT2D eigenvalue weighted by molar-refractivity contribution is 0.155. The molecule has 0 bridgehead atoms. The largest absolute Gasteiger partial charge is 0.311 e. The van der Waals surface area contributed by atoms with Gasteiger partial charge in [-0.3, -0.25) is 4.90 Å². The van der Waals surface area contributed by atoms with Gasteiger partial charge in [-0.1, -0.05) is 13.8 Å². The van der Waals surface area contributed by atoms with Gasteiger partial charge in [-0.15, -0.1) is 0 Å². The third-order valence-corrected chi connectivity index (χ3v) is 5.41. The van der Waals surface area contributed by atoms with Crippen LogP contribution < -0.4 is 5.32 Å². The quantitative estimate of drug-likeness (QED) is 0.813. The van der Waals surface area contributed by atoms with Crippen LogP contribution in [0.5, 0.6) is 0 Å². The Morgan fingerprint density at radius 1 is 1.05 bits per heavy atom. The molecule has 0 aliphatic carbocycles. The second kappa shape index (κ2) is 6.97. The Labute approximate surface area is 132 Å². The molecule has 124 valence electrons. The van der Waals surface area contributed by atoms with Crippen LogP contribution in [0.4, 0.5) is 0 Å². The van der Waals surface area contributed by atoms with Gasteiger partial charge < -0.3 is 10.2 Å². The first-order valence-electron chi connectivity index (χ1n) is 9.03. The molecule has 2 aliphatic heterocycles. The van der Waals surface area contributed by atoms with E-state index in [-0.39, 0.29) is 5.54 Å². The highest BCUT2D eigenvalue weighted by molar-refractivity contribution is 4.90. The first kappa shape index (κ1) is 17.2. The third kappa shape index (κ3) is 5.22. The van der Waals surface area contributed by atoms with Crippen LogP contribution in [0.15, 0.2) is 0 Å². The molecular weight excluding hydrogens is 258 g/mol. The first-order chi connectivity index (χ1) is 9.81. The normalized spacial score (nSPS) is 28.1. The smallest absolute Gasteiger partial charge is 0.0235 e. The maximum absolute atomic E-state index is 3.72. The SMILES string of the molecule is CCC(C)(CNC(C)(C)C)CN1CCC(N2CCCC2)C1. The summed E-state index contributed by atoms with van der Waals surface area (Å²) in [6.07, 6.45) is 5.46. The van der Waals surface area contributed by atoms with Gasteiger partial charge in [0.15, 0.2) is 0 Å². The second-order valence-electron chi connectivity index (χ2n) is 8.69. The number of rotatable bonds is 6. The molecule has 0 radical (unpaired) electrons. The van der Waals surface area contributed by atoms with Crippen molar-refractivity contribution in [3.05, 3.63) is 0 Å². The fourth-order valence-electron chi connectivity index (χ4n) is 3.67. The van der Waals surface area contributed by atoms with Crippen molar-refractivity contribution < 1.29 is 0 Å². The second-order valence-corrected chi connectivity index (χ2v) is 8.69. The Morgan fingerprint density at radius 2 is 1.71 bits per heavy atom. The maximum Gasteiger partial charge on any atom is 0.0235 e. The molecule has 2 aliphatic rings. The van der Waals surface area contributed by atoms with Crippen LogP contribution >= 0.6 is 0 Å². The van der Waals surface area contributed by atoms with Gasteiger partial charge in [-0.2, -0.15) is 0 Å². The van der Waals surface area contributed by atoms with Crippen LogP contribution in [0.25, 0.3) is 0 Å². The van der Waals surface area contributed by atoms with E-state index < -0.39 is 0 Å². The molecule has 0 amide bonds. The minimum absolute atomic E-state index is 0.222. The number of nitrogens with zero attached hydrogens (tertiary/aromatic N) is 2. The summed E-state index contributed by atoms with van der Waals surface area (Å²) in [7, 11) is 0. The summed E-state index contributed by atoms with van der Waals surface area (Å²) in [5.41, 5.74) is 0.618. The molecule has 3 nitrogen and oxygen atoms in total. The zero-order valence-corrected chi connectivity index (χ0v) is 15.0. The van der Waals surface area contributed by atoms with Gasteiger partial charge in [-0.05, 0) is 71.5 Å². The summed E-state index contributed by atoms with van der Waals surface area (Å²) in [6.45, 7) is 19.2. The van der Waals surface area contributed by atoms with Crippen molar-refractivity contribution >= 4 is 0 Å². The van der Waals surface area contributed by atoms with Gasteiger partial charge in [0.25, 0.3) is 0 Å². The third-order valence-electron chi connectivity index (χ3n) is 5.41. The summed E-state index contributed by atoms with van der Waals surface area (Å²) in [6, 6.07) is 0.837. The van der Waals surface area contributed by atoms with E-state index in [1.807, 2.05) is 0 Å². The number of nitrogens with one attached hydrogen (secondary N) is 1. The van der Waals surface area contributed by atoms with E-state index in [1.54, 1.807) is 0 Å². The molecule has 2 saturated heterocycles. The van der Waals surface area contributed by atoms with Gasteiger partial charge in [-0.25, -0.2) is 0 Å². The highest BCUT2D eigenvalue weighted by atomic mass is 15.3. The Hall–Kier alpha value is -0.120. The van der Waals surface area contributed by atoms with Crippen molar-refractivity contribution in [3.8, 4) is 0 Å². The van der Waals surface area contributed by atoms with E-state index in [0.29, 0.717) is 5.41 Å². The van der Waals surface area contributed by atoms with Crippen LogP contribution in [0.2, 0.25) is 0 Å². The molecule has 2 rings (SSSR count). The number of likely N-dealkylation sites (tertiary alicyclic amines) is 2. The highest BCUT2D eigenvalue weighted by Gasteiger charge is 2.33. The first-order valence-corrected chi connectivity index (χ1v) is 9.03. The van der Waals surface area contributed by atoms with Gasteiger partial charge >= 0.3 is 0 Å². The molecular formula is C18H37N3. The highest BCUT2D eigenvalue weighted by Crippen LogP contribution is 2.27. The maximum atomic E-state index is 3.72. The molecule has 2 unspecified atom stereocenters. The molecule has 0 saturated carbocycles. The fourth-order valence-corrected chi connectivity index (χ4v) is 3.67. The standard InChI is InChI=1S/C18H37N3/c1-6-18(5,14-19-17(2,3)4)15-20-12-9-16(13-20)21-10-7-8-11-21/h16,19H,6-15H2,1-5H3. The van der Waals surface area contributed by atoms with E-state index in [1.165, 1.54) is 58.4 Å². The van der Waals surface area contributed by atoms with Crippen LogP contribution in [0, 0.1) is 5.41 Å². The van der Waals surface area contributed by atoms with Gasteiger partial charge in [0, 0.05) is 31.2 Å². The molecule has 0 aromatic carbocycles. The van der Waals surface area contributed by atoms with Crippen molar-refractivity contribution in [1.29, 1.82) is 0 Å². The topological polar surface area (TPSA) is 18.5 Å². The molecule has 3 heteroatoms. The molecule has 2 atom stereocenters. The predicted octanol–water partition coefficient (Wildman–Crippen LogP) is 2.96. The van der Waals surface area contributed by atoms with Crippen LogP contribution in [-0.4, -0.2) is 60.6 Å². The minimum atomic E-state index is 0.222. The fraction of sp³-hybridized carbons (Fsp3) is 1.00. The summed E-state index contributed by atoms with van der Waals surface area (Å²) < 4.78 is 0. The molecule has 0 aromatic rings. The lowest BCUT2D eigenvalue weighted by Gasteiger charge is -2.36. The van der Waals surface area contributed by atoms with Gasteiger partial charge in [0.2, 0.25) is 0 Å². The molecule has 2 fully saturated rings. The summed E-state index contributed by atoms with van der Waals surface area (Å²) >= 11 is 0. The average Bonchev–Trinajstić information content (AvgIpc) is 3.06. The Kier molecular flexibility index (Phi) is 5.72. The van der Waals surface area contributed by atoms with Crippen LogP contribution in [-0.2, 0) is 0 Å². The lowest BCUT2D eigenvalue weighted by atomic mass is 9.86. The van der Waals surface area contributed by atoms with Crippen molar-refractivity contribution in [2.45, 2.75) is 71.9 Å². The predicted molar refractivity (Wildman–Crippen MR) is 91.8 cm³/mol. The van der Waals surface area contributed by atoms with E-state index in [2.05, 4.69) is 49.7 Å². The van der Waals surface area contributed by atoms with E-state index in [9.17, 15) is 0 Å². The van der Waals surface area contributed by atoms with Gasteiger partial charge in [0.1, 0.15) is 0 Å². The molecule has 21 heavy (non-hydrogen) atoms. The molecule has 0 spiro atoms. The van der Waals surface area contributed by atoms with Crippen LogP contribution in [0.3, 0.4) is 0 Å². The van der Waals surface area contributed by atoms with E-state index >= 15 is 0 Å². The number of hydrogen-bond acceptors (Lipinski definition) is 3. The summed E-state index contributed by atoms with van der Waals surface area (Å²) in [4.78, 5) is 5.45. The molecule has 0 aromatic heterocycles. The van der Waals surface area contributed by atoms with Crippen molar-refractivity contribution in [2.75, 3.05) is 39.3 Å². The Bertz CT molecular complexity index is 317. The monoisotopic (exact) mass is 295 g/mol. The van der Waals surface area contributed by atoms with Crippen molar-refractivity contribution in [2.24, 2.45) is 5.41 Å². The molecule has 2 heterocycles. The zero-order valence-electron chi connectivity index (χ0n) is 15.0. The summed E-state index contributed by atoms with van der Waals surface area (Å²) in [5.74, 6) is 0. The van der Waals surface area contributed by atoms with Crippen molar-refractivity contribution in [3.63, 3.8) is 0 Å². The van der Waals surface area contributed by atoms with Gasteiger partial charge in [0.05, 0.1) is 0 Å². The number of hydrogen-bond donors (Lipinski definition) is 1. The zero-order chi connectivity index (χ0) is 15.5. The molecule has 1 N–H and O–H groups in total. The van der Waals surface area contributed by atoms with E-state index in [4.69, 9.17) is 0 Å². The summed E-state index contributed by atoms with van der Waals surface area (Å²) in [5, 5.41) is 3.72. The van der Waals surface area contributed by atoms with E-state index in [0.717, 1.165) is 12.6 Å². The lowest BCUT2D eigenvalue weighted by Crippen LogP contribution is -2.47. The van der Waals surface area contributed by atoms with Crippen molar-refractivity contribution in [1.82, 2.24) is 15.1 Å². The Morgan fingerprint density at radius 3 is 2.29 bits per heavy atom. The minimum Gasteiger partial charge on any atom is -0.311 e. The average molecular weight is 296 g/mol. The Balaban J connectivity index is 1.81. The van der Waals surface area contributed by atoms with Crippen LogP contribution in [0.1, 0.15) is 60.3 Å².